The first-order chi connectivity index (χ1) is 5.26. The summed E-state index contributed by atoms with van der Waals surface area (Å²) in [5, 5.41) is 0. The predicted molar refractivity (Wildman–Crippen MR) is 48.2 cm³/mol. The Morgan fingerprint density at radius 2 is 1.64 bits per heavy atom. The average Bonchev–Trinajstić information content (AvgIpc) is 2.03. The third-order valence-electron chi connectivity index (χ3n) is 1.79. The van der Waals surface area contributed by atoms with Crippen LogP contribution in [-0.4, -0.2) is 6.29 Å². The fourth-order valence-electron chi connectivity index (χ4n) is 1.18. The minimum atomic E-state index is 0.814. The van der Waals surface area contributed by atoms with Crippen LogP contribution in [0.4, 0.5) is 0 Å². The Hall–Kier alpha value is -0.590. The molecule has 1 heteroatoms. The molecule has 0 saturated heterocycles. The van der Waals surface area contributed by atoms with Crippen LogP contribution in [0.5, 0.6) is 0 Å². The molecule has 0 saturated carbocycles. The molecule has 0 aromatic carbocycles. The molecule has 0 fully saturated rings. The van der Waals surface area contributed by atoms with Gasteiger partial charge >= 0.3 is 0 Å². The molecule has 0 N–H and O–H groups in total. The lowest BCUT2D eigenvalue weighted by Crippen LogP contribution is -1.89. The van der Waals surface area contributed by atoms with Crippen LogP contribution in [0.2, 0.25) is 0 Å². The Morgan fingerprint density at radius 1 is 1.18 bits per heavy atom. The predicted octanol–water partition coefficient (Wildman–Crippen LogP) is 3.01. The summed E-state index contributed by atoms with van der Waals surface area (Å²) in [5.74, 6) is 0. The molecule has 0 unspecified atom stereocenters. The maximum absolute atomic E-state index is 10.3. The van der Waals surface area contributed by atoms with Crippen LogP contribution in [0.15, 0.2) is 11.1 Å². The van der Waals surface area contributed by atoms with E-state index in [4.69, 9.17) is 0 Å². The molecule has 0 amide bonds. The molecule has 0 heterocycles. The van der Waals surface area contributed by atoms with Gasteiger partial charge in [-0.15, -0.1) is 0 Å². The average molecular weight is 153 g/mol. The van der Waals surface area contributed by atoms with Crippen molar-refractivity contribution >= 4 is 6.29 Å². The van der Waals surface area contributed by atoms with Gasteiger partial charge in [-0.3, -0.25) is 4.79 Å². The quantitative estimate of drug-likeness (QED) is 0.555. The molecule has 0 aliphatic heterocycles. The highest BCUT2D eigenvalue weighted by Crippen LogP contribution is 2.15. The summed E-state index contributed by atoms with van der Waals surface area (Å²) in [6, 6.07) is 0. The second-order valence-electron chi connectivity index (χ2n) is 2.83. The van der Waals surface area contributed by atoms with Crippen molar-refractivity contribution in [3.8, 4) is 0 Å². The summed E-state index contributed by atoms with van der Waals surface area (Å²) in [5.41, 5.74) is 2.10. The summed E-state index contributed by atoms with van der Waals surface area (Å²) in [6.45, 7) is 6.12. The lowest BCUT2D eigenvalue weighted by Gasteiger charge is -2.04. The minimum Gasteiger partial charge on any atom is -0.285 e. The first kappa shape index (κ1) is 10.4. The molecule has 0 aromatic rings. The Labute approximate surface area is 69.5 Å². The second-order valence-corrected chi connectivity index (χ2v) is 2.83. The van der Waals surface area contributed by atoms with E-state index < -0.39 is 0 Å². The molecule has 0 aromatic heterocycles. The van der Waals surface area contributed by atoms with Crippen LogP contribution in [0.3, 0.4) is 0 Å². The van der Waals surface area contributed by atoms with E-state index in [2.05, 4.69) is 13.8 Å². The summed E-state index contributed by atoms with van der Waals surface area (Å²) < 4.78 is 0. The monoisotopic (exact) mass is 153 g/mol. The van der Waals surface area contributed by atoms with E-state index in [0.717, 1.165) is 31.3 Å². The number of carbonyl (C=O) groups excluding carboxylic acids is 1. The Kier molecular flexibility index (Phi) is 5.81. The van der Waals surface area contributed by atoms with Gasteiger partial charge in [0.15, 0.2) is 0 Å². The Balaban J connectivity index is 4.16. The highest BCUT2D eigenvalue weighted by atomic mass is 16.1. The number of allylic oxidation sites excluding steroid dienone is 2. The lowest BCUT2D eigenvalue weighted by molar-refractivity contribution is 0.560. The zero-order valence-corrected chi connectivity index (χ0v) is 7.74. The summed E-state index contributed by atoms with van der Waals surface area (Å²) >= 11 is 0. The van der Waals surface area contributed by atoms with Gasteiger partial charge < -0.3 is 0 Å². The SMILES string of the molecule is CCCC(CCC)=C(C)[C]=O. The maximum atomic E-state index is 10.3. The molecule has 1 nitrogen and oxygen atoms in total. The summed E-state index contributed by atoms with van der Waals surface area (Å²) in [7, 11) is 0. The van der Waals surface area contributed by atoms with E-state index >= 15 is 0 Å². The molecule has 0 aliphatic rings. The molecule has 63 valence electrons. The molecule has 11 heavy (non-hydrogen) atoms. The van der Waals surface area contributed by atoms with Crippen molar-refractivity contribution < 1.29 is 4.79 Å². The van der Waals surface area contributed by atoms with E-state index in [1.54, 1.807) is 0 Å². The number of hydrogen-bond donors (Lipinski definition) is 0. The Morgan fingerprint density at radius 3 is 1.91 bits per heavy atom. The molecule has 0 atom stereocenters. The van der Waals surface area contributed by atoms with E-state index in [-0.39, 0.29) is 0 Å². The molecular weight excluding hydrogens is 136 g/mol. The Bertz CT molecular complexity index is 137. The van der Waals surface area contributed by atoms with Gasteiger partial charge in [-0.1, -0.05) is 32.3 Å². The first-order valence-electron chi connectivity index (χ1n) is 4.33. The molecule has 0 aliphatic carbocycles. The molecule has 0 bridgehead atoms. The summed E-state index contributed by atoms with van der Waals surface area (Å²) in [4.78, 5) is 10.3. The van der Waals surface area contributed by atoms with Gasteiger partial charge in [-0.25, -0.2) is 0 Å². The first-order valence-corrected chi connectivity index (χ1v) is 4.33. The zero-order valence-electron chi connectivity index (χ0n) is 7.74. The van der Waals surface area contributed by atoms with Crippen molar-refractivity contribution in [2.75, 3.05) is 0 Å². The van der Waals surface area contributed by atoms with E-state index in [1.807, 2.05) is 13.2 Å². The second kappa shape index (κ2) is 6.14. The van der Waals surface area contributed by atoms with Gasteiger partial charge in [-0.2, -0.15) is 0 Å². The number of hydrogen-bond acceptors (Lipinski definition) is 1. The van der Waals surface area contributed by atoms with E-state index in [1.165, 1.54) is 5.57 Å². The maximum Gasteiger partial charge on any atom is 0.228 e. The van der Waals surface area contributed by atoms with Crippen molar-refractivity contribution in [3.05, 3.63) is 11.1 Å². The van der Waals surface area contributed by atoms with Gasteiger partial charge in [0.1, 0.15) is 0 Å². The topological polar surface area (TPSA) is 17.1 Å². The van der Waals surface area contributed by atoms with Crippen molar-refractivity contribution in [1.29, 1.82) is 0 Å². The smallest absolute Gasteiger partial charge is 0.228 e. The minimum absolute atomic E-state index is 0.814. The van der Waals surface area contributed by atoms with Crippen molar-refractivity contribution in [2.45, 2.75) is 46.5 Å². The van der Waals surface area contributed by atoms with Crippen molar-refractivity contribution in [1.82, 2.24) is 0 Å². The molecular formula is C10H17O. The lowest BCUT2D eigenvalue weighted by atomic mass is 10.0. The van der Waals surface area contributed by atoms with Gasteiger partial charge in [0.05, 0.1) is 0 Å². The molecule has 0 rings (SSSR count). The fourth-order valence-corrected chi connectivity index (χ4v) is 1.18. The van der Waals surface area contributed by atoms with Crippen LogP contribution in [0.1, 0.15) is 46.5 Å². The highest BCUT2D eigenvalue weighted by molar-refractivity contribution is 5.74. The van der Waals surface area contributed by atoms with Gasteiger partial charge in [0.2, 0.25) is 6.29 Å². The molecule has 0 spiro atoms. The van der Waals surface area contributed by atoms with E-state index in [9.17, 15) is 4.79 Å². The van der Waals surface area contributed by atoms with Crippen LogP contribution < -0.4 is 0 Å². The summed E-state index contributed by atoms with van der Waals surface area (Å²) in [6.07, 6.45) is 6.30. The van der Waals surface area contributed by atoms with E-state index in [0.29, 0.717) is 0 Å². The third kappa shape index (κ3) is 3.97. The van der Waals surface area contributed by atoms with Crippen LogP contribution in [0, 0.1) is 0 Å². The van der Waals surface area contributed by atoms with Gasteiger partial charge in [-0.05, 0) is 25.3 Å². The van der Waals surface area contributed by atoms with Crippen LogP contribution in [-0.2, 0) is 4.79 Å². The van der Waals surface area contributed by atoms with Crippen LogP contribution in [0.25, 0.3) is 0 Å². The molecule has 1 radical (unpaired) electrons. The number of rotatable bonds is 5. The van der Waals surface area contributed by atoms with Gasteiger partial charge in [0.25, 0.3) is 0 Å². The van der Waals surface area contributed by atoms with Crippen molar-refractivity contribution in [3.63, 3.8) is 0 Å². The van der Waals surface area contributed by atoms with Crippen molar-refractivity contribution in [2.24, 2.45) is 0 Å². The normalized spacial score (nSPS) is 9.36. The zero-order chi connectivity index (χ0) is 8.69. The fraction of sp³-hybridized carbons (Fsp3) is 0.700. The largest absolute Gasteiger partial charge is 0.285 e. The van der Waals surface area contributed by atoms with Gasteiger partial charge in [0, 0.05) is 0 Å². The highest BCUT2D eigenvalue weighted by Gasteiger charge is 1.99. The third-order valence-corrected chi connectivity index (χ3v) is 1.79. The standard InChI is InChI=1S/C10H17O/c1-4-6-10(7-5-2)9(3)8-11/h4-7H2,1-3H3. The van der Waals surface area contributed by atoms with Crippen LogP contribution >= 0.6 is 0 Å².